The quantitative estimate of drug-likeness (QED) is 0.662. The van der Waals surface area contributed by atoms with Crippen LogP contribution in [0.4, 0.5) is 5.69 Å². The first-order chi connectivity index (χ1) is 9.69. The third-order valence-electron chi connectivity index (χ3n) is 4.79. The third kappa shape index (κ3) is 1.76. The minimum atomic E-state index is 0.289. The summed E-state index contributed by atoms with van der Waals surface area (Å²) >= 11 is 8.38. The Balaban J connectivity index is 1.97. The van der Waals surface area contributed by atoms with E-state index in [-0.39, 0.29) is 4.75 Å². The molecule has 1 aliphatic heterocycles. The van der Waals surface area contributed by atoms with Gasteiger partial charge < -0.3 is 4.72 Å². The van der Waals surface area contributed by atoms with Gasteiger partial charge in [-0.25, -0.2) is 0 Å². The maximum Gasteiger partial charge on any atom is 0.0959 e. The van der Waals surface area contributed by atoms with Crippen molar-refractivity contribution in [1.29, 1.82) is 0 Å². The largest absolute Gasteiger partial charge is 0.327 e. The SMILES string of the molecule is CC12CCCCC1c1cc(Cl)c3cccnc3c1NS2. The summed E-state index contributed by atoms with van der Waals surface area (Å²) in [5.41, 5.74) is 3.55. The molecule has 2 aromatic rings. The highest BCUT2D eigenvalue weighted by Gasteiger charge is 2.43. The molecule has 0 amide bonds. The molecule has 0 radical (unpaired) electrons. The number of nitrogens with one attached hydrogen (secondary N) is 1. The van der Waals surface area contributed by atoms with Gasteiger partial charge in [0.1, 0.15) is 0 Å². The van der Waals surface area contributed by atoms with Crippen molar-refractivity contribution in [2.75, 3.05) is 4.72 Å². The number of pyridine rings is 1. The van der Waals surface area contributed by atoms with E-state index in [9.17, 15) is 0 Å². The molecule has 4 rings (SSSR count). The van der Waals surface area contributed by atoms with Crippen LogP contribution in [0.2, 0.25) is 5.02 Å². The van der Waals surface area contributed by atoms with Crippen molar-refractivity contribution < 1.29 is 0 Å². The lowest BCUT2D eigenvalue weighted by atomic mass is 9.75. The summed E-state index contributed by atoms with van der Waals surface area (Å²) in [6, 6.07) is 6.16. The minimum Gasteiger partial charge on any atom is -0.327 e. The van der Waals surface area contributed by atoms with Crippen LogP contribution >= 0.6 is 23.5 Å². The molecule has 2 aliphatic rings. The lowest BCUT2D eigenvalue weighted by Gasteiger charge is -2.45. The maximum atomic E-state index is 6.50. The summed E-state index contributed by atoms with van der Waals surface area (Å²) < 4.78 is 3.86. The van der Waals surface area contributed by atoms with E-state index in [1.165, 1.54) is 36.9 Å². The Morgan fingerprint density at radius 1 is 1.45 bits per heavy atom. The van der Waals surface area contributed by atoms with Gasteiger partial charge in [-0.15, -0.1) is 0 Å². The van der Waals surface area contributed by atoms with Gasteiger partial charge in [-0.05, 0) is 55.5 Å². The number of halogens is 1. The maximum absolute atomic E-state index is 6.50. The Labute approximate surface area is 128 Å². The van der Waals surface area contributed by atoms with Gasteiger partial charge in [-0.3, -0.25) is 4.98 Å². The highest BCUT2D eigenvalue weighted by Crippen LogP contribution is 2.56. The van der Waals surface area contributed by atoms with Gasteiger partial charge in [0.25, 0.3) is 0 Å². The van der Waals surface area contributed by atoms with Gasteiger partial charge in [0, 0.05) is 22.2 Å². The summed E-state index contributed by atoms with van der Waals surface area (Å²) in [6.07, 6.45) is 7.02. The van der Waals surface area contributed by atoms with Crippen molar-refractivity contribution in [2.24, 2.45) is 0 Å². The zero-order chi connectivity index (χ0) is 13.7. The van der Waals surface area contributed by atoms with Crippen molar-refractivity contribution >= 4 is 40.1 Å². The lowest BCUT2D eigenvalue weighted by Crippen LogP contribution is -2.37. The number of benzene rings is 1. The monoisotopic (exact) mass is 304 g/mol. The highest BCUT2D eigenvalue weighted by molar-refractivity contribution is 8.02. The molecule has 2 heterocycles. The van der Waals surface area contributed by atoms with E-state index in [4.69, 9.17) is 11.6 Å². The molecule has 104 valence electrons. The number of nitrogens with zero attached hydrogens (tertiary/aromatic N) is 1. The summed E-state index contributed by atoms with van der Waals surface area (Å²) in [5.74, 6) is 0.585. The molecule has 1 aliphatic carbocycles. The second kappa shape index (κ2) is 4.54. The Morgan fingerprint density at radius 2 is 2.35 bits per heavy atom. The van der Waals surface area contributed by atoms with Crippen LogP contribution in [0.15, 0.2) is 24.4 Å². The van der Waals surface area contributed by atoms with Gasteiger partial charge >= 0.3 is 0 Å². The number of aromatic nitrogens is 1. The van der Waals surface area contributed by atoms with Crippen molar-refractivity contribution in [3.8, 4) is 0 Å². The number of anilines is 1. The van der Waals surface area contributed by atoms with Crippen LogP contribution in [0.1, 0.15) is 44.1 Å². The first-order valence-corrected chi connectivity index (χ1v) is 8.40. The van der Waals surface area contributed by atoms with Crippen LogP contribution in [0.3, 0.4) is 0 Å². The fourth-order valence-electron chi connectivity index (χ4n) is 3.68. The van der Waals surface area contributed by atoms with E-state index in [1.54, 1.807) is 0 Å². The number of fused-ring (bicyclic) bond motifs is 5. The fraction of sp³-hybridized carbons (Fsp3) is 0.438. The van der Waals surface area contributed by atoms with Crippen LogP contribution in [-0.2, 0) is 0 Å². The molecule has 0 bridgehead atoms. The molecular formula is C16H17ClN2S. The third-order valence-corrected chi connectivity index (χ3v) is 6.36. The summed E-state index contributed by atoms with van der Waals surface area (Å²) in [5, 5.41) is 1.87. The van der Waals surface area contributed by atoms with E-state index < -0.39 is 0 Å². The Hall–Kier alpha value is -0.930. The van der Waals surface area contributed by atoms with Gasteiger partial charge in [0.15, 0.2) is 0 Å². The molecule has 0 saturated heterocycles. The van der Waals surface area contributed by atoms with Gasteiger partial charge in [-0.2, -0.15) is 0 Å². The van der Waals surface area contributed by atoms with Crippen LogP contribution in [-0.4, -0.2) is 9.73 Å². The fourth-order valence-corrected chi connectivity index (χ4v) is 5.13. The summed E-state index contributed by atoms with van der Waals surface area (Å²) in [6.45, 7) is 2.38. The molecule has 2 atom stereocenters. The van der Waals surface area contributed by atoms with Crippen molar-refractivity contribution in [2.45, 2.75) is 43.3 Å². The number of hydrogen-bond acceptors (Lipinski definition) is 3. The topological polar surface area (TPSA) is 24.9 Å². The Morgan fingerprint density at radius 3 is 3.25 bits per heavy atom. The molecular weight excluding hydrogens is 288 g/mol. The molecule has 2 nitrogen and oxygen atoms in total. The normalized spacial score (nSPS) is 28.6. The molecule has 1 aromatic heterocycles. The van der Waals surface area contributed by atoms with E-state index >= 15 is 0 Å². The molecule has 4 heteroatoms. The molecule has 20 heavy (non-hydrogen) atoms. The highest BCUT2D eigenvalue weighted by atomic mass is 35.5. The van der Waals surface area contributed by atoms with E-state index in [2.05, 4.69) is 22.7 Å². The molecule has 2 unspecified atom stereocenters. The van der Waals surface area contributed by atoms with Gasteiger partial charge in [0.05, 0.1) is 16.2 Å². The van der Waals surface area contributed by atoms with E-state index in [0.717, 1.165) is 15.9 Å². The zero-order valence-corrected chi connectivity index (χ0v) is 13.0. The molecule has 1 saturated carbocycles. The second-order valence-corrected chi connectivity index (χ2v) is 7.79. The van der Waals surface area contributed by atoms with E-state index in [1.807, 2.05) is 30.3 Å². The Kier molecular flexibility index (Phi) is 2.90. The van der Waals surface area contributed by atoms with Crippen LogP contribution in [0.5, 0.6) is 0 Å². The van der Waals surface area contributed by atoms with Crippen molar-refractivity contribution in [1.82, 2.24) is 4.98 Å². The summed E-state index contributed by atoms with van der Waals surface area (Å²) in [7, 11) is 0. The smallest absolute Gasteiger partial charge is 0.0959 e. The Bertz CT molecular complexity index is 687. The second-order valence-electron chi connectivity index (χ2n) is 6.04. The number of rotatable bonds is 0. The van der Waals surface area contributed by atoms with Gasteiger partial charge in [0.2, 0.25) is 0 Å². The molecule has 0 spiro atoms. The van der Waals surface area contributed by atoms with Crippen LogP contribution in [0.25, 0.3) is 10.9 Å². The predicted molar refractivity (Wildman–Crippen MR) is 87.6 cm³/mol. The average Bonchev–Trinajstić information content (AvgIpc) is 2.47. The summed E-state index contributed by atoms with van der Waals surface area (Å²) in [4.78, 5) is 4.56. The number of hydrogen-bond donors (Lipinski definition) is 1. The van der Waals surface area contributed by atoms with Crippen LogP contribution in [0, 0.1) is 0 Å². The predicted octanol–water partition coefficient (Wildman–Crippen LogP) is 5.38. The van der Waals surface area contributed by atoms with Crippen molar-refractivity contribution in [3.05, 3.63) is 35.0 Å². The van der Waals surface area contributed by atoms with Crippen molar-refractivity contribution in [3.63, 3.8) is 0 Å². The molecule has 1 aromatic carbocycles. The first kappa shape index (κ1) is 12.8. The van der Waals surface area contributed by atoms with Crippen LogP contribution < -0.4 is 4.72 Å². The first-order valence-electron chi connectivity index (χ1n) is 7.20. The lowest BCUT2D eigenvalue weighted by molar-refractivity contribution is 0.365. The average molecular weight is 305 g/mol. The van der Waals surface area contributed by atoms with E-state index in [0.29, 0.717) is 5.92 Å². The van der Waals surface area contributed by atoms with Gasteiger partial charge in [-0.1, -0.05) is 24.4 Å². The zero-order valence-electron chi connectivity index (χ0n) is 11.4. The molecule has 1 N–H and O–H groups in total. The molecule has 1 fully saturated rings. The minimum absolute atomic E-state index is 0.289. The standard InChI is InChI=1S/C16H17ClN2S/c1-16-7-3-2-6-12(16)11-9-13(17)10-5-4-8-18-14(10)15(11)19-20-16/h4-5,8-9,12,19H,2-3,6-7H2,1H3.